The summed E-state index contributed by atoms with van der Waals surface area (Å²) in [5.41, 5.74) is 27.4. The van der Waals surface area contributed by atoms with Crippen molar-refractivity contribution in [2.24, 2.45) is 0 Å². The quantitative estimate of drug-likeness (QED) is 0.164. The van der Waals surface area contributed by atoms with Crippen LogP contribution in [0.25, 0.3) is 165 Å². The molecule has 3 aliphatic carbocycles. The van der Waals surface area contributed by atoms with Gasteiger partial charge in [0.25, 0.3) is 0 Å². The Hall–Kier alpha value is -10.8. The highest BCUT2D eigenvalue weighted by Crippen LogP contribution is 2.54. The van der Waals surface area contributed by atoms with Gasteiger partial charge in [-0.05, 0) is 190 Å². The van der Waals surface area contributed by atoms with Crippen LogP contribution in [0.3, 0.4) is 0 Å². The first-order valence-electron chi connectivity index (χ1n) is 32.2. The van der Waals surface area contributed by atoms with Gasteiger partial charge < -0.3 is 0 Å². The Morgan fingerprint density at radius 1 is 0.209 bits per heavy atom. The fourth-order valence-corrected chi connectivity index (χ4v) is 16.9. The molecule has 0 unspecified atom stereocenters. The molecule has 15 aromatic carbocycles. The summed E-state index contributed by atoms with van der Waals surface area (Å²) in [6, 6.07) is 99.4. The molecule has 0 radical (unpaired) electrons. The lowest BCUT2D eigenvalue weighted by atomic mass is 9.80. The van der Waals surface area contributed by atoms with Crippen molar-refractivity contribution in [3.8, 4) is 78.1 Å². The molecule has 428 valence electrons. The fraction of sp³-hybridized carbons (Fsp3) is 0.101. The van der Waals surface area contributed by atoms with Gasteiger partial charge >= 0.3 is 0 Å². The van der Waals surface area contributed by atoms with E-state index in [0.29, 0.717) is 0 Å². The number of aromatic nitrogens is 2. The van der Waals surface area contributed by atoms with Gasteiger partial charge in [0.2, 0.25) is 0 Å². The predicted octanol–water partition coefficient (Wildman–Crippen LogP) is 23.9. The molecule has 0 fully saturated rings. The normalized spacial score (nSPS) is 14.5. The van der Waals surface area contributed by atoms with Crippen molar-refractivity contribution in [1.29, 1.82) is 0 Å². The maximum Gasteiger partial charge on any atom is 0.0972 e. The molecule has 17 aromatic rings. The molecular weight excluding hydrogens is 1100 g/mol. The minimum atomic E-state index is -0.121. The van der Waals surface area contributed by atoms with Crippen LogP contribution < -0.4 is 0 Å². The van der Waals surface area contributed by atoms with Gasteiger partial charge in [-0.25, -0.2) is 9.97 Å². The van der Waals surface area contributed by atoms with E-state index in [0.717, 1.165) is 44.3 Å². The molecule has 91 heavy (non-hydrogen) atoms. The van der Waals surface area contributed by atoms with Crippen LogP contribution in [0.4, 0.5) is 0 Å². The number of rotatable bonds is 4. The summed E-state index contributed by atoms with van der Waals surface area (Å²) in [5.74, 6) is 0. The Kier molecular flexibility index (Phi) is 10.7. The van der Waals surface area contributed by atoms with Gasteiger partial charge in [-0.3, -0.25) is 0 Å². The SMILES string of the molecule is CC1(C)c2cc(-c3ccc4ccc5cccc6ccc3c4c56)ccc2-c2ccc(-c3ccc4ccc5cccc6ccc3c4c56)cc21.CC1(C)c2ccccc2-c2ccc(-c3ccc4ccc5ccc(-c6ccc7c(c6)C(C)(C)c6ccccc6-7)nc5c4n3)cc21. The first kappa shape index (κ1) is 52.2. The molecule has 2 aromatic heterocycles. The van der Waals surface area contributed by atoms with E-state index in [9.17, 15) is 0 Å². The third-order valence-corrected chi connectivity index (χ3v) is 21.6. The minimum absolute atomic E-state index is 0.0479. The zero-order valence-electron chi connectivity index (χ0n) is 51.8. The molecule has 2 heterocycles. The van der Waals surface area contributed by atoms with Crippen molar-refractivity contribution >= 4 is 86.4 Å². The lowest BCUT2D eigenvalue weighted by Crippen LogP contribution is -2.15. The zero-order valence-corrected chi connectivity index (χ0v) is 51.8. The highest BCUT2D eigenvalue weighted by atomic mass is 14.8. The third-order valence-electron chi connectivity index (χ3n) is 21.6. The summed E-state index contributed by atoms with van der Waals surface area (Å²) in [7, 11) is 0. The Labute approximate surface area is 529 Å². The molecule has 0 bridgehead atoms. The van der Waals surface area contributed by atoms with E-state index >= 15 is 0 Å². The number of fused-ring (bicyclic) bond motifs is 12. The van der Waals surface area contributed by atoms with Gasteiger partial charge in [-0.1, -0.05) is 272 Å². The predicted molar refractivity (Wildman–Crippen MR) is 385 cm³/mol. The van der Waals surface area contributed by atoms with Crippen molar-refractivity contribution in [2.75, 3.05) is 0 Å². The smallest absolute Gasteiger partial charge is 0.0972 e. The van der Waals surface area contributed by atoms with Crippen LogP contribution >= 0.6 is 0 Å². The Balaban J connectivity index is 0.000000131. The Morgan fingerprint density at radius 2 is 0.495 bits per heavy atom. The number of pyridine rings is 2. The minimum Gasteiger partial charge on any atom is -0.245 e. The van der Waals surface area contributed by atoms with Gasteiger partial charge in [-0.2, -0.15) is 0 Å². The summed E-state index contributed by atoms with van der Waals surface area (Å²) < 4.78 is 0. The molecule has 0 amide bonds. The van der Waals surface area contributed by atoms with E-state index in [1.807, 2.05) is 0 Å². The van der Waals surface area contributed by atoms with Crippen molar-refractivity contribution < 1.29 is 0 Å². The van der Waals surface area contributed by atoms with Crippen LogP contribution in [-0.2, 0) is 16.2 Å². The maximum atomic E-state index is 5.28. The first-order chi connectivity index (χ1) is 44.3. The van der Waals surface area contributed by atoms with Crippen LogP contribution in [0.15, 0.2) is 267 Å². The van der Waals surface area contributed by atoms with Crippen molar-refractivity contribution in [1.82, 2.24) is 9.97 Å². The van der Waals surface area contributed by atoms with Crippen LogP contribution in [-0.4, -0.2) is 9.97 Å². The number of benzene rings is 15. The van der Waals surface area contributed by atoms with E-state index in [1.165, 1.54) is 154 Å². The number of nitrogens with zero attached hydrogens (tertiary/aromatic N) is 2. The molecule has 0 atom stereocenters. The molecule has 2 heteroatoms. The molecule has 0 saturated carbocycles. The Morgan fingerprint density at radius 3 is 0.901 bits per heavy atom. The van der Waals surface area contributed by atoms with Crippen LogP contribution in [0.5, 0.6) is 0 Å². The summed E-state index contributed by atoms with van der Waals surface area (Å²) in [6.07, 6.45) is 0. The molecule has 3 aliphatic rings. The van der Waals surface area contributed by atoms with E-state index in [4.69, 9.17) is 9.97 Å². The second-order valence-corrected chi connectivity index (χ2v) is 27.5. The van der Waals surface area contributed by atoms with Crippen LogP contribution in [0, 0.1) is 0 Å². The lowest BCUT2D eigenvalue weighted by molar-refractivity contribution is 0.660. The van der Waals surface area contributed by atoms with Crippen LogP contribution in [0.2, 0.25) is 0 Å². The highest BCUT2D eigenvalue weighted by molar-refractivity contribution is 6.27. The summed E-state index contributed by atoms with van der Waals surface area (Å²) in [4.78, 5) is 10.6. The molecule has 20 rings (SSSR count). The Bertz CT molecular complexity index is 5600. The topological polar surface area (TPSA) is 25.8 Å². The average Bonchev–Trinajstić information content (AvgIpc) is 1.75. The van der Waals surface area contributed by atoms with Crippen LogP contribution in [0.1, 0.15) is 74.9 Å². The monoisotopic (exact) mass is 1160 g/mol. The molecule has 0 spiro atoms. The summed E-state index contributed by atoms with van der Waals surface area (Å²) in [5, 5.41) is 18.2. The van der Waals surface area contributed by atoms with E-state index in [2.05, 4.69) is 308 Å². The second kappa shape index (κ2) is 18.6. The molecule has 0 saturated heterocycles. The highest BCUT2D eigenvalue weighted by Gasteiger charge is 2.38. The molecule has 0 N–H and O–H groups in total. The number of hydrogen-bond donors (Lipinski definition) is 0. The summed E-state index contributed by atoms with van der Waals surface area (Å²) >= 11 is 0. The summed E-state index contributed by atoms with van der Waals surface area (Å²) in [6.45, 7) is 14.1. The molecular formula is C89H62N2. The first-order valence-corrected chi connectivity index (χ1v) is 32.2. The van der Waals surface area contributed by atoms with E-state index in [1.54, 1.807) is 0 Å². The van der Waals surface area contributed by atoms with E-state index < -0.39 is 0 Å². The van der Waals surface area contributed by atoms with Gasteiger partial charge in [-0.15, -0.1) is 0 Å². The van der Waals surface area contributed by atoms with Crippen molar-refractivity contribution in [3.63, 3.8) is 0 Å². The maximum absolute atomic E-state index is 5.28. The average molecular weight is 1160 g/mol. The largest absolute Gasteiger partial charge is 0.245 e. The van der Waals surface area contributed by atoms with Crippen molar-refractivity contribution in [3.05, 3.63) is 300 Å². The third kappa shape index (κ3) is 7.42. The second-order valence-electron chi connectivity index (χ2n) is 27.5. The van der Waals surface area contributed by atoms with E-state index in [-0.39, 0.29) is 16.2 Å². The van der Waals surface area contributed by atoms with Gasteiger partial charge in [0.15, 0.2) is 0 Å². The number of hydrogen-bond acceptors (Lipinski definition) is 2. The molecule has 2 nitrogen and oxygen atoms in total. The van der Waals surface area contributed by atoms with Gasteiger partial charge in [0.1, 0.15) is 0 Å². The molecule has 0 aliphatic heterocycles. The van der Waals surface area contributed by atoms with Gasteiger partial charge in [0, 0.05) is 38.1 Å². The lowest BCUT2D eigenvalue weighted by Gasteiger charge is -2.23. The van der Waals surface area contributed by atoms with Crippen molar-refractivity contribution in [2.45, 2.75) is 57.8 Å². The zero-order chi connectivity index (χ0) is 60.8. The fourth-order valence-electron chi connectivity index (χ4n) is 16.9. The van der Waals surface area contributed by atoms with Gasteiger partial charge in [0.05, 0.1) is 22.4 Å². The standard InChI is InChI=1S/C47H30.C42H32N2/c1-47(2)41-25-33(35-19-13-31-11-9-27-5-3-7-29-15-23-39(35)45(31)43(27)29)17-21-37(41)38-22-18-34(26-42(38)47)36-20-14-32-12-10-28-6-4-8-30-16-24-40(36)46(32)44(28)30;1-41(2)33-11-7-5-9-29(33)31-19-15-27(23-35(31)41)37-21-17-25-13-14-26-18-22-38(44-40(26)39(25)43-37)28-16-20-32-30-10-6-8-12-34(30)42(3,4)36(32)24-28/h3-26H,1-2H3;5-24H,1-4H3.